The Bertz CT molecular complexity index is 516. The van der Waals surface area contributed by atoms with E-state index >= 15 is 0 Å². The van der Waals surface area contributed by atoms with E-state index in [2.05, 4.69) is 46.9 Å². The first-order valence-corrected chi connectivity index (χ1v) is 13.5. The molecule has 0 saturated heterocycles. The molecule has 6 nitrogen and oxygen atoms in total. The van der Waals surface area contributed by atoms with Crippen LogP contribution in [0.1, 0.15) is 41.0 Å². The van der Waals surface area contributed by atoms with Gasteiger partial charge < -0.3 is 28.5 Å². The van der Waals surface area contributed by atoms with Gasteiger partial charge in [0.2, 0.25) is 0 Å². The molecule has 0 amide bonds. The van der Waals surface area contributed by atoms with Crippen LogP contribution in [0.25, 0.3) is 0 Å². The molecule has 1 saturated carbocycles. The van der Waals surface area contributed by atoms with Crippen LogP contribution in [0.15, 0.2) is 11.6 Å². The van der Waals surface area contributed by atoms with E-state index < -0.39 is 8.32 Å². The van der Waals surface area contributed by atoms with Gasteiger partial charge in [-0.15, -0.1) is 0 Å². The van der Waals surface area contributed by atoms with Crippen molar-refractivity contribution in [3.63, 3.8) is 0 Å². The molecule has 29 heavy (non-hydrogen) atoms. The largest absolute Gasteiger partial charge is 0.411 e. The number of rotatable bonds is 10. The standard InChI is InChI=1S/C22H44O6Si/c1-15(13-23)11-12-17-16(2)18(28-29(9,10)22(3,4)5)20(25-7)21(26-8)19(17)27-14-24-6/h11,16-21,23H,12-14H2,1-10H3/b15-11+/t16-,17-,18+,19-,20-,21+/m0/s1. The molecule has 6 atom stereocenters. The van der Waals surface area contributed by atoms with Crippen LogP contribution < -0.4 is 0 Å². The van der Waals surface area contributed by atoms with Crippen molar-refractivity contribution >= 4 is 8.32 Å². The molecule has 1 aliphatic carbocycles. The summed E-state index contributed by atoms with van der Waals surface area (Å²) >= 11 is 0. The average molecular weight is 433 g/mol. The maximum absolute atomic E-state index is 9.43. The molecule has 0 aromatic carbocycles. The zero-order chi connectivity index (χ0) is 22.4. The predicted octanol–water partition coefficient (Wildman–Crippen LogP) is 3.99. The second-order valence-electron chi connectivity index (χ2n) is 9.75. The summed E-state index contributed by atoms with van der Waals surface area (Å²) in [6.45, 7) is 15.7. The highest BCUT2D eigenvalue weighted by molar-refractivity contribution is 6.74. The lowest BCUT2D eigenvalue weighted by molar-refractivity contribution is -0.226. The molecule has 0 heterocycles. The van der Waals surface area contributed by atoms with Crippen molar-refractivity contribution in [2.75, 3.05) is 34.7 Å². The third-order valence-corrected chi connectivity index (χ3v) is 11.2. The predicted molar refractivity (Wildman–Crippen MR) is 119 cm³/mol. The van der Waals surface area contributed by atoms with Crippen molar-refractivity contribution < 1.29 is 28.5 Å². The molecule has 1 rings (SSSR count). The third kappa shape index (κ3) is 6.60. The Labute approximate surface area is 179 Å². The van der Waals surface area contributed by atoms with Crippen molar-refractivity contribution in [1.82, 2.24) is 0 Å². The van der Waals surface area contributed by atoms with Crippen molar-refractivity contribution in [3.8, 4) is 0 Å². The SMILES string of the molecule is COCO[C@H]1[C@@H](C/C=C(\C)CO)[C@H](C)[C@@H](O[Si](C)(C)C(C)(C)C)[C@H](OC)[C@@H]1OC. The summed E-state index contributed by atoms with van der Waals surface area (Å²) in [6, 6.07) is 0. The number of ether oxygens (including phenoxy) is 4. The summed E-state index contributed by atoms with van der Waals surface area (Å²) in [5, 5.41) is 9.52. The highest BCUT2D eigenvalue weighted by Gasteiger charge is 2.53. The smallest absolute Gasteiger partial charge is 0.192 e. The van der Waals surface area contributed by atoms with Crippen LogP contribution in [-0.2, 0) is 23.4 Å². The summed E-state index contributed by atoms with van der Waals surface area (Å²) in [6.07, 6.45) is 2.07. The number of allylic oxidation sites excluding steroid dienone is 1. The van der Waals surface area contributed by atoms with E-state index in [0.29, 0.717) is 0 Å². The molecule has 1 N–H and O–H groups in total. The Kier molecular flexibility index (Phi) is 10.5. The number of hydrogen-bond acceptors (Lipinski definition) is 6. The van der Waals surface area contributed by atoms with Gasteiger partial charge in [0.05, 0.1) is 18.8 Å². The lowest BCUT2D eigenvalue weighted by Gasteiger charge is -2.52. The normalized spacial score (nSPS) is 31.9. The van der Waals surface area contributed by atoms with Gasteiger partial charge >= 0.3 is 0 Å². The second kappa shape index (κ2) is 11.4. The van der Waals surface area contributed by atoms with Crippen LogP contribution in [-0.4, -0.2) is 72.6 Å². The van der Waals surface area contributed by atoms with Crippen molar-refractivity contribution in [2.45, 2.75) is 83.6 Å². The summed E-state index contributed by atoms with van der Waals surface area (Å²) in [5.74, 6) is 0.336. The highest BCUT2D eigenvalue weighted by Crippen LogP contribution is 2.44. The maximum atomic E-state index is 9.43. The van der Waals surface area contributed by atoms with Gasteiger partial charge in [-0.3, -0.25) is 0 Å². The quantitative estimate of drug-likeness (QED) is 0.320. The molecule has 1 fully saturated rings. The second-order valence-corrected chi connectivity index (χ2v) is 14.5. The zero-order valence-electron chi connectivity index (χ0n) is 20.2. The average Bonchev–Trinajstić information content (AvgIpc) is 2.65. The molecule has 0 spiro atoms. The Hall–Kier alpha value is -0.283. The third-order valence-electron chi connectivity index (χ3n) is 6.73. The van der Waals surface area contributed by atoms with Crippen molar-refractivity contribution in [3.05, 3.63) is 11.6 Å². The molecule has 0 radical (unpaired) electrons. The van der Waals surface area contributed by atoms with Gasteiger partial charge in [-0.25, -0.2) is 0 Å². The van der Waals surface area contributed by atoms with Gasteiger partial charge in [0.1, 0.15) is 19.0 Å². The fourth-order valence-corrected chi connectivity index (χ4v) is 5.19. The Morgan fingerprint density at radius 1 is 1.00 bits per heavy atom. The summed E-state index contributed by atoms with van der Waals surface area (Å²) in [7, 11) is 3.02. The number of aliphatic hydroxyl groups is 1. The molecule has 7 heteroatoms. The lowest BCUT2D eigenvalue weighted by Crippen LogP contribution is -2.63. The fraction of sp³-hybridized carbons (Fsp3) is 0.909. The van der Waals surface area contributed by atoms with E-state index in [0.717, 1.165) is 12.0 Å². The molecule has 0 aliphatic heterocycles. The molecule has 0 aromatic rings. The lowest BCUT2D eigenvalue weighted by atomic mass is 9.71. The van der Waals surface area contributed by atoms with Gasteiger partial charge in [0.25, 0.3) is 0 Å². The van der Waals surface area contributed by atoms with Gasteiger partial charge in [-0.2, -0.15) is 0 Å². The first-order chi connectivity index (χ1) is 13.4. The molecular formula is C22H44O6Si. The highest BCUT2D eigenvalue weighted by atomic mass is 28.4. The van der Waals surface area contributed by atoms with Crippen LogP contribution in [0.4, 0.5) is 0 Å². The van der Waals surface area contributed by atoms with Crippen LogP contribution in [0.5, 0.6) is 0 Å². The summed E-state index contributed by atoms with van der Waals surface area (Å²) < 4.78 is 30.0. The molecule has 1 aliphatic rings. The first-order valence-electron chi connectivity index (χ1n) is 10.6. The number of hydrogen-bond donors (Lipinski definition) is 1. The number of aliphatic hydroxyl groups excluding tert-OH is 1. The zero-order valence-corrected chi connectivity index (χ0v) is 21.2. The van der Waals surface area contributed by atoms with Crippen LogP contribution in [0.3, 0.4) is 0 Å². The molecule has 172 valence electrons. The molecule has 0 aromatic heterocycles. The topological polar surface area (TPSA) is 66.4 Å². The van der Waals surface area contributed by atoms with Gasteiger partial charge in [-0.1, -0.05) is 39.3 Å². The van der Waals surface area contributed by atoms with Crippen molar-refractivity contribution in [2.24, 2.45) is 11.8 Å². The van der Waals surface area contributed by atoms with Gasteiger partial charge in [0.15, 0.2) is 8.32 Å². The molecule has 0 unspecified atom stereocenters. The number of methoxy groups -OCH3 is 3. The van der Waals surface area contributed by atoms with E-state index in [9.17, 15) is 5.11 Å². The van der Waals surface area contributed by atoms with E-state index in [-0.39, 0.29) is 54.7 Å². The Morgan fingerprint density at radius 2 is 1.55 bits per heavy atom. The van der Waals surface area contributed by atoms with Gasteiger partial charge in [-0.05, 0) is 43.3 Å². The monoisotopic (exact) mass is 432 g/mol. The minimum absolute atomic E-state index is 0.0585. The van der Waals surface area contributed by atoms with E-state index in [1.807, 2.05) is 6.92 Å². The van der Waals surface area contributed by atoms with E-state index in [1.165, 1.54) is 0 Å². The Balaban J connectivity index is 3.31. The minimum Gasteiger partial charge on any atom is -0.411 e. The Morgan fingerprint density at radius 3 is 2.00 bits per heavy atom. The van der Waals surface area contributed by atoms with Crippen LogP contribution in [0, 0.1) is 11.8 Å². The van der Waals surface area contributed by atoms with Crippen LogP contribution in [0.2, 0.25) is 18.1 Å². The van der Waals surface area contributed by atoms with Gasteiger partial charge in [0, 0.05) is 21.3 Å². The maximum Gasteiger partial charge on any atom is 0.192 e. The summed E-state index contributed by atoms with van der Waals surface area (Å²) in [5.41, 5.74) is 0.951. The minimum atomic E-state index is -2.02. The first kappa shape index (κ1) is 26.8. The van der Waals surface area contributed by atoms with Crippen molar-refractivity contribution in [1.29, 1.82) is 0 Å². The molecular weight excluding hydrogens is 388 g/mol. The fourth-order valence-electron chi connectivity index (χ4n) is 3.80. The van der Waals surface area contributed by atoms with Crippen LogP contribution >= 0.6 is 0 Å². The van der Waals surface area contributed by atoms with E-state index in [4.69, 9.17) is 23.4 Å². The van der Waals surface area contributed by atoms with E-state index in [1.54, 1.807) is 21.3 Å². The summed E-state index contributed by atoms with van der Waals surface area (Å²) in [4.78, 5) is 0. The molecule has 0 bridgehead atoms.